The van der Waals surface area contributed by atoms with Gasteiger partial charge in [-0.3, -0.25) is 4.90 Å². The van der Waals surface area contributed by atoms with Crippen LogP contribution in [0.1, 0.15) is 71.6 Å². The molecule has 0 radical (unpaired) electrons. The Morgan fingerprint density at radius 3 is 2.37 bits per heavy atom. The Bertz CT molecular complexity index is 297. The Morgan fingerprint density at radius 1 is 1.05 bits per heavy atom. The third kappa shape index (κ3) is 2.71. The first-order valence-electron chi connectivity index (χ1n) is 8.66. The molecule has 1 spiro atoms. The van der Waals surface area contributed by atoms with Crippen LogP contribution >= 0.6 is 0 Å². The van der Waals surface area contributed by atoms with Crippen LogP contribution in [0, 0.1) is 5.41 Å². The van der Waals surface area contributed by atoms with Gasteiger partial charge < -0.3 is 5.32 Å². The van der Waals surface area contributed by atoms with Crippen molar-refractivity contribution >= 4 is 0 Å². The second kappa shape index (κ2) is 5.37. The van der Waals surface area contributed by atoms with Crippen molar-refractivity contribution in [2.75, 3.05) is 19.6 Å². The van der Waals surface area contributed by atoms with E-state index in [1.54, 1.807) is 0 Å². The van der Waals surface area contributed by atoms with Crippen molar-refractivity contribution in [1.29, 1.82) is 0 Å². The molecule has 3 fully saturated rings. The van der Waals surface area contributed by atoms with E-state index in [-0.39, 0.29) is 0 Å². The summed E-state index contributed by atoms with van der Waals surface area (Å²) in [7, 11) is 0. The maximum atomic E-state index is 3.91. The molecule has 2 heteroatoms. The molecule has 2 nitrogen and oxygen atoms in total. The summed E-state index contributed by atoms with van der Waals surface area (Å²) in [5.41, 5.74) is 1.16. The van der Waals surface area contributed by atoms with Crippen molar-refractivity contribution in [3.05, 3.63) is 0 Å². The lowest BCUT2D eigenvalue weighted by Gasteiger charge is -2.53. The standard InChI is InChI=1S/C17H32N2/c1-3-16(8-7-9-16)13-19-14-17(18-12-15(19)2)10-5-4-6-11-17/h15,18H,3-14H2,1-2H3. The number of piperazine rings is 1. The van der Waals surface area contributed by atoms with E-state index in [4.69, 9.17) is 0 Å². The minimum atomic E-state index is 0.476. The molecule has 1 aliphatic heterocycles. The molecule has 0 aromatic heterocycles. The van der Waals surface area contributed by atoms with Crippen LogP contribution in [0.4, 0.5) is 0 Å². The average molecular weight is 264 g/mol. The first kappa shape index (κ1) is 13.9. The molecule has 0 amide bonds. The summed E-state index contributed by atoms with van der Waals surface area (Å²) in [4.78, 5) is 2.84. The largest absolute Gasteiger partial charge is 0.308 e. The predicted octanol–water partition coefficient (Wildman–Crippen LogP) is 3.56. The third-order valence-corrected chi connectivity index (χ3v) is 6.41. The zero-order chi connectivity index (χ0) is 13.3. The SMILES string of the molecule is CCC1(CN2CC3(CCCCC3)NCC2C)CCC1. The predicted molar refractivity (Wildman–Crippen MR) is 81.4 cm³/mol. The molecular formula is C17H32N2. The van der Waals surface area contributed by atoms with Gasteiger partial charge in [0.15, 0.2) is 0 Å². The van der Waals surface area contributed by atoms with E-state index in [0.29, 0.717) is 11.0 Å². The van der Waals surface area contributed by atoms with Crippen LogP contribution in [0.25, 0.3) is 0 Å². The monoisotopic (exact) mass is 264 g/mol. The van der Waals surface area contributed by atoms with E-state index in [1.807, 2.05) is 0 Å². The smallest absolute Gasteiger partial charge is 0.0309 e. The fourth-order valence-corrected chi connectivity index (χ4v) is 4.60. The molecule has 1 saturated heterocycles. The number of hydrogen-bond acceptors (Lipinski definition) is 2. The summed E-state index contributed by atoms with van der Waals surface area (Å²) < 4.78 is 0. The van der Waals surface area contributed by atoms with Crippen LogP contribution in [-0.4, -0.2) is 36.1 Å². The highest BCUT2D eigenvalue weighted by Crippen LogP contribution is 2.45. The Kier molecular flexibility index (Phi) is 3.92. The number of hydrogen-bond donors (Lipinski definition) is 1. The van der Waals surface area contributed by atoms with E-state index in [0.717, 1.165) is 6.04 Å². The summed E-state index contributed by atoms with van der Waals surface area (Å²) in [6.07, 6.45) is 13.0. The fourth-order valence-electron chi connectivity index (χ4n) is 4.60. The van der Waals surface area contributed by atoms with Gasteiger partial charge in [-0.1, -0.05) is 32.6 Å². The lowest BCUT2D eigenvalue weighted by molar-refractivity contribution is -0.00312. The van der Waals surface area contributed by atoms with Gasteiger partial charge in [0.25, 0.3) is 0 Å². The van der Waals surface area contributed by atoms with Gasteiger partial charge in [0.05, 0.1) is 0 Å². The van der Waals surface area contributed by atoms with Gasteiger partial charge in [0.2, 0.25) is 0 Å². The zero-order valence-corrected chi connectivity index (χ0v) is 13.0. The minimum absolute atomic E-state index is 0.476. The molecule has 1 N–H and O–H groups in total. The normalized spacial score (nSPS) is 34.1. The van der Waals surface area contributed by atoms with Crippen molar-refractivity contribution in [2.24, 2.45) is 5.41 Å². The highest BCUT2D eigenvalue weighted by Gasteiger charge is 2.43. The molecule has 3 aliphatic rings. The van der Waals surface area contributed by atoms with Crippen LogP contribution in [0.15, 0.2) is 0 Å². The van der Waals surface area contributed by atoms with Gasteiger partial charge in [0, 0.05) is 31.2 Å². The van der Waals surface area contributed by atoms with Crippen molar-refractivity contribution < 1.29 is 0 Å². The number of rotatable bonds is 3. The highest BCUT2D eigenvalue weighted by atomic mass is 15.3. The second-order valence-electron chi connectivity index (χ2n) is 7.68. The Hall–Kier alpha value is -0.0800. The minimum Gasteiger partial charge on any atom is -0.308 e. The zero-order valence-electron chi connectivity index (χ0n) is 13.0. The molecule has 1 atom stereocenters. The quantitative estimate of drug-likeness (QED) is 0.838. The average Bonchev–Trinajstić information content (AvgIpc) is 2.39. The number of nitrogens with one attached hydrogen (secondary N) is 1. The van der Waals surface area contributed by atoms with Crippen LogP contribution in [0.3, 0.4) is 0 Å². The molecule has 0 bridgehead atoms. The maximum Gasteiger partial charge on any atom is 0.0309 e. The molecule has 1 unspecified atom stereocenters. The van der Waals surface area contributed by atoms with Crippen molar-refractivity contribution in [2.45, 2.75) is 83.2 Å². The Morgan fingerprint density at radius 2 is 1.79 bits per heavy atom. The topological polar surface area (TPSA) is 15.3 Å². The molecule has 3 rings (SSSR count). The molecule has 19 heavy (non-hydrogen) atoms. The van der Waals surface area contributed by atoms with Gasteiger partial charge in [-0.05, 0) is 44.4 Å². The van der Waals surface area contributed by atoms with Crippen molar-refractivity contribution in [3.8, 4) is 0 Å². The van der Waals surface area contributed by atoms with Gasteiger partial charge in [0.1, 0.15) is 0 Å². The van der Waals surface area contributed by atoms with E-state index < -0.39 is 0 Å². The van der Waals surface area contributed by atoms with Crippen molar-refractivity contribution in [3.63, 3.8) is 0 Å². The van der Waals surface area contributed by atoms with E-state index >= 15 is 0 Å². The van der Waals surface area contributed by atoms with E-state index in [2.05, 4.69) is 24.1 Å². The first-order chi connectivity index (χ1) is 9.17. The van der Waals surface area contributed by atoms with E-state index in [1.165, 1.54) is 77.4 Å². The molecule has 2 aliphatic carbocycles. The summed E-state index contributed by atoms with van der Waals surface area (Å²) >= 11 is 0. The van der Waals surface area contributed by atoms with Gasteiger partial charge in [-0.25, -0.2) is 0 Å². The first-order valence-corrected chi connectivity index (χ1v) is 8.66. The lowest BCUT2D eigenvalue weighted by Crippen LogP contribution is -2.65. The van der Waals surface area contributed by atoms with Gasteiger partial charge in [-0.15, -0.1) is 0 Å². The maximum absolute atomic E-state index is 3.91. The summed E-state index contributed by atoms with van der Waals surface area (Å²) in [6.45, 7) is 8.72. The Balaban J connectivity index is 1.65. The van der Waals surface area contributed by atoms with Crippen LogP contribution in [0.5, 0.6) is 0 Å². The number of nitrogens with zero attached hydrogens (tertiary/aromatic N) is 1. The lowest BCUT2D eigenvalue weighted by atomic mass is 9.66. The molecule has 2 saturated carbocycles. The van der Waals surface area contributed by atoms with Gasteiger partial charge >= 0.3 is 0 Å². The fraction of sp³-hybridized carbons (Fsp3) is 1.00. The molecule has 110 valence electrons. The Labute approximate surface area is 119 Å². The highest BCUT2D eigenvalue weighted by molar-refractivity contribution is 5.01. The van der Waals surface area contributed by atoms with Gasteiger partial charge in [-0.2, -0.15) is 0 Å². The molecular weight excluding hydrogens is 232 g/mol. The molecule has 0 aromatic rings. The molecule has 1 heterocycles. The second-order valence-corrected chi connectivity index (χ2v) is 7.68. The summed E-state index contributed by atoms with van der Waals surface area (Å²) in [6, 6.07) is 0.733. The molecule has 0 aromatic carbocycles. The van der Waals surface area contributed by atoms with E-state index in [9.17, 15) is 0 Å². The summed E-state index contributed by atoms with van der Waals surface area (Å²) in [5, 5.41) is 3.91. The summed E-state index contributed by atoms with van der Waals surface area (Å²) in [5.74, 6) is 0. The van der Waals surface area contributed by atoms with Crippen LogP contribution in [-0.2, 0) is 0 Å². The van der Waals surface area contributed by atoms with Crippen LogP contribution < -0.4 is 5.32 Å². The third-order valence-electron chi connectivity index (χ3n) is 6.41. The van der Waals surface area contributed by atoms with Crippen LogP contribution in [0.2, 0.25) is 0 Å². The van der Waals surface area contributed by atoms with Crippen molar-refractivity contribution in [1.82, 2.24) is 10.2 Å².